The third-order valence-electron chi connectivity index (χ3n) is 5.30. The molecule has 3 aromatic rings. The summed E-state index contributed by atoms with van der Waals surface area (Å²) in [6.45, 7) is 5.30. The standard InChI is InChI=1S/C25H18N4O3S2/c1-3-13-28-23(32)21(20-17-11-7-8-12-19(17)29(15(2)30)22(20)31)34-25(28)27-24-26-18(14-33-24)16-9-5-4-6-10-16/h3-12,14H,1,13H2,2H3/b21-20-,27-25+. The molecule has 0 unspecified atom stereocenters. The third kappa shape index (κ3) is 3.68. The molecule has 0 N–H and O–H groups in total. The molecule has 34 heavy (non-hydrogen) atoms. The average molecular weight is 487 g/mol. The van der Waals surface area contributed by atoms with Gasteiger partial charge >= 0.3 is 0 Å². The van der Waals surface area contributed by atoms with Crippen molar-refractivity contribution in [1.29, 1.82) is 0 Å². The van der Waals surface area contributed by atoms with E-state index in [1.165, 1.54) is 23.2 Å². The third-order valence-corrected chi connectivity index (χ3v) is 7.11. The lowest BCUT2D eigenvalue weighted by atomic mass is 10.1. The number of rotatable bonds is 4. The molecular formula is C25H18N4O3S2. The van der Waals surface area contributed by atoms with Crippen molar-refractivity contribution in [2.24, 2.45) is 4.99 Å². The van der Waals surface area contributed by atoms with Crippen LogP contribution in [0.25, 0.3) is 16.8 Å². The minimum atomic E-state index is -0.509. The number of carbonyl (C=O) groups is 3. The van der Waals surface area contributed by atoms with Gasteiger partial charge in [-0.1, -0.05) is 54.6 Å². The van der Waals surface area contributed by atoms with Gasteiger partial charge in [-0.3, -0.25) is 19.3 Å². The van der Waals surface area contributed by atoms with E-state index in [0.29, 0.717) is 21.6 Å². The van der Waals surface area contributed by atoms with Gasteiger partial charge in [0, 0.05) is 30.0 Å². The van der Waals surface area contributed by atoms with Crippen LogP contribution in [0.2, 0.25) is 0 Å². The SMILES string of the molecule is C=CCN1C(=O)/C(=C2/C(=O)N(C(C)=O)c3ccccc32)S/C1=N/c1nc(-c2ccccc2)cs1. The van der Waals surface area contributed by atoms with E-state index in [2.05, 4.69) is 16.6 Å². The van der Waals surface area contributed by atoms with Crippen LogP contribution < -0.4 is 4.90 Å². The lowest BCUT2D eigenvalue weighted by Gasteiger charge is -2.12. The van der Waals surface area contributed by atoms with Gasteiger partial charge < -0.3 is 0 Å². The Kier molecular flexibility index (Phi) is 5.72. The van der Waals surface area contributed by atoms with Crippen molar-refractivity contribution in [2.75, 3.05) is 11.4 Å². The molecule has 0 bridgehead atoms. The maximum Gasteiger partial charge on any atom is 0.267 e. The lowest BCUT2D eigenvalue weighted by molar-refractivity contribution is -0.124. The predicted molar refractivity (Wildman–Crippen MR) is 136 cm³/mol. The zero-order chi connectivity index (χ0) is 23.8. The number of benzene rings is 2. The molecule has 3 heterocycles. The van der Waals surface area contributed by atoms with Gasteiger partial charge in [-0.2, -0.15) is 4.99 Å². The van der Waals surface area contributed by atoms with Crippen molar-refractivity contribution >= 4 is 62.4 Å². The number of para-hydroxylation sites is 1. The summed E-state index contributed by atoms with van der Waals surface area (Å²) in [5.41, 5.74) is 3.01. The summed E-state index contributed by atoms with van der Waals surface area (Å²) < 4.78 is 0. The zero-order valence-electron chi connectivity index (χ0n) is 18.1. The summed E-state index contributed by atoms with van der Waals surface area (Å²) in [6.07, 6.45) is 1.60. The van der Waals surface area contributed by atoms with Crippen LogP contribution in [-0.2, 0) is 14.4 Å². The number of amidine groups is 1. The Balaban J connectivity index is 1.57. The fraction of sp³-hybridized carbons (Fsp3) is 0.0800. The molecule has 0 aliphatic carbocycles. The summed E-state index contributed by atoms with van der Waals surface area (Å²) >= 11 is 2.48. The van der Waals surface area contributed by atoms with Crippen molar-refractivity contribution in [3.05, 3.63) is 83.1 Å². The molecule has 0 spiro atoms. The number of amides is 3. The molecular weight excluding hydrogens is 468 g/mol. The molecule has 1 saturated heterocycles. The average Bonchev–Trinajstić information content (AvgIpc) is 3.50. The normalized spacial score (nSPS) is 18.7. The van der Waals surface area contributed by atoms with Crippen LogP contribution in [-0.4, -0.2) is 39.3 Å². The maximum absolute atomic E-state index is 13.4. The van der Waals surface area contributed by atoms with Crippen molar-refractivity contribution in [1.82, 2.24) is 9.88 Å². The summed E-state index contributed by atoms with van der Waals surface area (Å²) in [6, 6.07) is 16.7. The van der Waals surface area contributed by atoms with E-state index in [-0.39, 0.29) is 22.9 Å². The minimum absolute atomic E-state index is 0.212. The number of imide groups is 1. The Morgan fingerprint density at radius 2 is 1.82 bits per heavy atom. The van der Waals surface area contributed by atoms with Crippen LogP contribution in [0.15, 0.2) is 82.5 Å². The first-order valence-corrected chi connectivity index (χ1v) is 12.1. The Labute approximate surface area is 204 Å². The highest BCUT2D eigenvalue weighted by molar-refractivity contribution is 8.18. The van der Waals surface area contributed by atoms with Gasteiger partial charge in [0.25, 0.3) is 11.8 Å². The van der Waals surface area contributed by atoms with Crippen LogP contribution in [0.1, 0.15) is 12.5 Å². The fourth-order valence-electron chi connectivity index (χ4n) is 3.82. The zero-order valence-corrected chi connectivity index (χ0v) is 19.7. The minimum Gasteiger partial charge on any atom is -0.282 e. The molecule has 2 aliphatic rings. The Hall–Kier alpha value is -3.82. The van der Waals surface area contributed by atoms with Crippen LogP contribution in [0.5, 0.6) is 0 Å². The van der Waals surface area contributed by atoms with Crippen LogP contribution >= 0.6 is 23.1 Å². The second kappa shape index (κ2) is 8.85. The molecule has 0 saturated carbocycles. The van der Waals surface area contributed by atoms with E-state index in [1.807, 2.05) is 35.7 Å². The highest BCUT2D eigenvalue weighted by atomic mass is 32.2. The number of anilines is 1. The molecule has 1 aromatic heterocycles. The highest BCUT2D eigenvalue weighted by Gasteiger charge is 2.43. The molecule has 9 heteroatoms. The van der Waals surface area contributed by atoms with E-state index in [4.69, 9.17) is 0 Å². The topological polar surface area (TPSA) is 82.9 Å². The summed E-state index contributed by atoms with van der Waals surface area (Å²) in [5.74, 6) is -1.27. The molecule has 3 amide bonds. The number of hydrogen-bond acceptors (Lipinski definition) is 7. The molecule has 1 fully saturated rings. The number of carbonyl (C=O) groups excluding carboxylic acids is 3. The number of thioether (sulfide) groups is 1. The number of aromatic nitrogens is 1. The number of thiazole rings is 1. The van der Waals surface area contributed by atoms with Crippen LogP contribution in [0, 0.1) is 0 Å². The van der Waals surface area contributed by atoms with Crippen molar-refractivity contribution in [3.8, 4) is 11.3 Å². The van der Waals surface area contributed by atoms with Crippen molar-refractivity contribution in [3.63, 3.8) is 0 Å². The fourth-order valence-corrected chi connectivity index (χ4v) is 5.65. The molecule has 2 aliphatic heterocycles. The second-order valence-electron chi connectivity index (χ2n) is 7.46. The summed E-state index contributed by atoms with van der Waals surface area (Å²) in [7, 11) is 0. The molecule has 0 atom stereocenters. The van der Waals surface area contributed by atoms with Gasteiger partial charge in [-0.05, 0) is 17.8 Å². The molecule has 0 radical (unpaired) electrons. The second-order valence-corrected chi connectivity index (χ2v) is 9.28. The van der Waals surface area contributed by atoms with E-state index in [0.717, 1.165) is 27.9 Å². The summed E-state index contributed by atoms with van der Waals surface area (Å²) in [4.78, 5) is 50.8. The van der Waals surface area contributed by atoms with E-state index >= 15 is 0 Å². The van der Waals surface area contributed by atoms with Gasteiger partial charge in [0.05, 0.1) is 21.9 Å². The Morgan fingerprint density at radius 1 is 1.09 bits per heavy atom. The number of fused-ring (bicyclic) bond motifs is 1. The molecule has 2 aromatic carbocycles. The molecule has 5 rings (SSSR count). The molecule has 168 valence electrons. The number of hydrogen-bond donors (Lipinski definition) is 0. The van der Waals surface area contributed by atoms with Gasteiger partial charge in [-0.15, -0.1) is 17.9 Å². The van der Waals surface area contributed by atoms with Crippen LogP contribution in [0.3, 0.4) is 0 Å². The van der Waals surface area contributed by atoms with Crippen LogP contribution in [0.4, 0.5) is 10.8 Å². The lowest BCUT2D eigenvalue weighted by Crippen LogP contribution is -2.32. The number of aliphatic imine (C=N–C) groups is 1. The summed E-state index contributed by atoms with van der Waals surface area (Å²) in [5, 5.41) is 2.82. The highest BCUT2D eigenvalue weighted by Crippen LogP contribution is 2.45. The van der Waals surface area contributed by atoms with Gasteiger partial charge in [-0.25, -0.2) is 9.88 Å². The largest absolute Gasteiger partial charge is 0.282 e. The monoisotopic (exact) mass is 486 g/mol. The molecule has 7 nitrogen and oxygen atoms in total. The van der Waals surface area contributed by atoms with E-state index < -0.39 is 11.8 Å². The number of nitrogens with zero attached hydrogens (tertiary/aromatic N) is 4. The first-order valence-electron chi connectivity index (χ1n) is 10.4. The Morgan fingerprint density at radius 3 is 2.56 bits per heavy atom. The first kappa shape index (κ1) is 22.0. The van der Waals surface area contributed by atoms with Gasteiger partial charge in [0.1, 0.15) is 0 Å². The maximum atomic E-state index is 13.4. The predicted octanol–water partition coefficient (Wildman–Crippen LogP) is 4.86. The van der Waals surface area contributed by atoms with Gasteiger partial charge in [0.2, 0.25) is 11.0 Å². The van der Waals surface area contributed by atoms with E-state index in [9.17, 15) is 14.4 Å². The smallest absolute Gasteiger partial charge is 0.267 e. The van der Waals surface area contributed by atoms with Crippen molar-refractivity contribution in [2.45, 2.75) is 6.92 Å². The quantitative estimate of drug-likeness (QED) is 0.388. The van der Waals surface area contributed by atoms with Crippen molar-refractivity contribution < 1.29 is 14.4 Å². The van der Waals surface area contributed by atoms with Gasteiger partial charge in [0.15, 0.2) is 5.17 Å². The Bertz CT molecular complexity index is 1410. The van der Waals surface area contributed by atoms with E-state index in [1.54, 1.807) is 30.3 Å². The first-order chi connectivity index (χ1) is 16.5.